The van der Waals surface area contributed by atoms with Crippen molar-refractivity contribution in [2.24, 2.45) is 5.92 Å². The number of thiocarbonyl (C=S) groups is 1. The molecule has 1 aliphatic heterocycles. The van der Waals surface area contributed by atoms with Gasteiger partial charge in [0.2, 0.25) is 0 Å². The number of anilines is 1. The van der Waals surface area contributed by atoms with E-state index < -0.39 is 6.04 Å². The van der Waals surface area contributed by atoms with Gasteiger partial charge in [0, 0.05) is 22.4 Å². The molecule has 33 heavy (non-hydrogen) atoms. The van der Waals surface area contributed by atoms with Gasteiger partial charge in [0.15, 0.2) is 5.11 Å². The van der Waals surface area contributed by atoms with Crippen LogP contribution in [-0.2, 0) is 9.53 Å². The van der Waals surface area contributed by atoms with E-state index in [-0.39, 0.29) is 17.8 Å². The largest absolute Gasteiger partial charge is 0.462 e. The number of allylic oxidation sites excluding steroid dienone is 1. The summed E-state index contributed by atoms with van der Waals surface area (Å²) in [4.78, 5) is 27.5. The number of halogens is 1. The molecule has 0 saturated heterocycles. The van der Waals surface area contributed by atoms with Gasteiger partial charge in [-0.05, 0) is 77.7 Å². The predicted octanol–water partition coefficient (Wildman–Crippen LogP) is 5.43. The maximum atomic E-state index is 13.0. The molecule has 0 bridgehead atoms. The topological polar surface area (TPSA) is 70.7 Å². The smallest absolute Gasteiger partial charge is 0.338 e. The molecule has 2 aromatic rings. The van der Waals surface area contributed by atoms with E-state index in [2.05, 4.69) is 26.6 Å². The van der Waals surface area contributed by atoms with Crippen molar-refractivity contribution in [3.8, 4) is 0 Å². The van der Waals surface area contributed by atoms with Crippen molar-refractivity contribution in [1.82, 2.24) is 10.2 Å². The summed E-state index contributed by atoms with van der Waals surface area (Å²) in [5.41, 5.74) is 3.37. The molecule has 0 saturated carbocycles. The minimum Gasteiger partial charge on any atom is -0.462 e. The van der Waals surface area contributed by atoms with E-state index in [0.717, 1.165) is 15.7 Å². The molecule has 174 valence electrons. The molecular weight excluding hydrogens is 502 g/mol. The number of esters is 1. The Kier molecular flexibility index (Phi) is 8.26. The number of carbonyl (C=O) groups excluding carboxylic acids is 2. The van der Waals surface area contributed by atoms with Crippen LogP contribution in [0.4, 0.5) is 5.69 Å². The highest BCUT2D eigenvalue weighted by atomic mass is 79.9. The highest BCUT2D eigenvalue weighted by Crippen LogP contribution is 2.32. The molecule has 0 aromatic heterocycles. The molecule has 1 heterocycles. The van der Waals surface area contributed by atoms with Gasteiger partial charge in [-0.15, -0.1) is 0 Å². The predicted molar refractivity (Wildman–Crippen MR) is 138 cm³/mol. The Labute approximate surface area is 208 Å². The number of amides is 1. The third-order valence-electron chi connectivity index (χ3n) is 5.30. The first-order chi connectivity index (χ1) is 15.7. The maximum absolute atomic E-state index is 13.0. The summed E-state index contributed by atoms with van der Waals surface area (Å²) in [6.07, 6.45) is 0. The standard InChI is InChI=1S/C25H28BrN3O3S/c1-5-29-16(4)21(24(31)32-14-15(2)3)22(28-25(29)33)17-10-12-18(13-11-17)27-23(30)19-8-6-7-9-20(19)26/h6-13,15,22H,5,14H2,1-4H3,(H,27,30)(H,28,33)/t22-/m1/s1. The zero-order valence-corrected chi connectivity index (χ0v) is 21.5. The zero-order valence-electron chi connectivity index (χ0n) is 19.1. The molecule has 1 aliphatic rings. The number of carbonyl (C=O) groups is 2. The molecule has 8 heteroatoms. The van der Waals surface area contributed by atoms with E-state index >= 15 is 0 Å². The minimum atomic E-state index is -0.437. The molecule has 0 aliphatic carbocycles. The third kappa shape index (κ3) is 5.81. The van der Waals surface area contributed by atoms with Crippen molar-refractivity contribution in [1.29, 1.82) is 0 Å². The van der Waals surface area contributed by atoms with Crippen LogP contribution in [0.25, 0.3) is 0 Å². The maximum Gasteiger partial charge on any atom is 0.338 e. The van der Waals surface area contributed by atoms with Crippen LogP contribution in [0.5, 0.6) is 0 Å². The Balaban J connectivity index is 1.86. The minimum absolute atomic E-state index is 0.209. The van der Waals surface area contributed by atoms with E-state index in [9.17, 15) is 9.59 Å². The number of ether oxygens (including phenoxy) is 1. The Morgan fingerprint density at radius 1 is 1.18 bits per heavy atom. The summed E-state index contributed by atoms with van der Waals surface area (Å²) in [7, 11) is 0. The monoisotopic (exact) mass is 529 g/mol. The molecule has 0 radical (unpaired) electrons. The van der Waals surface area contributed by atoms with E-state index in [4.69, 9.17) is 17.0 Å². The number of hydrogen-bond donors (Lipinski definition) is 2. The van der Waals surface area contributed by atoms with Gasteiger partial charge in [0.1, 0.15) is 0 Å². The molecule has 6 nitrogen and oxygen atoms in total. The van der Waals surface area contributed by atoms with Gasteiger partial charge in [-0.1, -0.05) is 38.1 Å². The second-order valence-electron chi connectivity index (χ2n) is 8.17. The first-order valence-corrected chi connectivity index (χ1v) is 12.0. The van der Waals surface area contributed by atoms with E-state index in [0.29, 0.717) is 35.1 Å². The lowest BCUT2D eigenvalue weighted by molar-refractivity contribution is -0.140. The molecule has 0 unspecified atom stereocenters. The highest BCUT2D eigenvalue weighted by molar-refractivity contribution is 9.10. The van der Waals surface area contributed by atoms with Gasteiger partial charge < -0.3 is 20.3 Å². The molecule has 1 amide bonds. The fourth-order valence-corrected chi connectivity index (χ4v) is 4.45. The second-order valence-corrected chi connectivity index (χ2v) is 9.42. The summed E-state index contributed by atoms with van der Waals surface area (Å²) in [5.74, 6) is -0.328. The van der Waals surface area contributed by atoms with E-state index in [1.807, 2.05) is 75.1 Å². The lowest BCUT2D eigenvalue weighted by Crippen LogP contribution is -2.47. The van der Waals surface area contributed by atoms with Crippen LogP contribution >= 0.6 is 28.1 Å². The first kappa shape index (κ1) is 24.9. The van der Waals surface area contributed by atoms with E-state index in [1.165, 1.54) is 0 Å². The van der Waals surface area contributed by atoms with Crippen LogP contribution in [0.1, 0.15) is 49.7 Å². The van der Waals surface area contributed by atoms with Gasteiger partial charge in [0.05, 0.1) is 23.8 Å². The number of rotatable bonds is 7. The number of hydrogen-bond acceptors (Lipinski definition) is 4. The molecular formula is C25H28BrN3O3S. The average molecular weight is 530 g/mol. The summed E-state index contributed by atoms with van der Waals surface area (Å²) < 4.78 is 6.29. The molecule has 0 fully saturated rings. The quantitative estimate of drug-likeness (QED) is 0.368. The van der Waals surface area contributed by atoms with Gasteiger partial charge in [-0.2, -0.15) is 0 Å². The molecule has 3 rings (SSSR count). The molecule has 2 N–H and O–H groups in total. The van der Waals surface area contributed by atoms with Crippen molar-refractivity contribution in [3.63, 3.8) is 0 Å². The Morgan fingerprint density at radius 2 is 1.85 bits per heavy atom. The summed E-state index contributed by atoms with van der Waals surface area (Å²) in [5, 5.41) is 6.75. The van der Waals surface area contributed by atoms with Crippen LogP contribution in [0.2, 0.25) is 0 Å². The molecule has 2 aromatic carbocycles. The fourth-order valence-electron chi connectivity index (χ4n) is 3.60. The average Bonchev–Trinajstić information content (AvgIpc) is 2.78. The van der Waals surface area contributed by atoms with Crippen LogP contribution < -0.4 is 10.6 Å². The number of benzene rings is 2. The molecule has 1 atom stereocenters. The summed E-state index contributed by atoms with van der Waals surface area (Å²) in [6.45, 7) is 8.86. The Bertz CT molecular complexity index is 1080. The molecule has 0 spiro atoms. The van der Waals surface area contributed by atoms with Crippen molar-refractivity contribution in [2.75, 3.05) is 18.5 Å². The summed E-state index contributed by atoms with van der Waals surface area (Å²) in [6, 6.07) is 14.2. The van der Waals surface area contributed by atoms with E-state index in [1.54, 1.807) is 6.07 Å². The van der Waals surface area contributed by atoms with Gasteiger partial charge in [-0.25, -0.2) is 4.79 Å². The lowest BCUT2D eigenvalue weighted by atomic mass is 9.94. The number of nitrogens with zero attached hydrogens (tertiary/aromatic N) is 1. The van der Waals surface area contributed by atoms with Crippen LogP contribution in [0.3, 0.4) is 0 Å². The zero-order chi connectivity index (χ0) is 24.1. The van der Waals surface area contributed by atoms with Crippen molar-refractivity contribution >= 4 is 50.8 Å². The highest BCUT2D eigenvalue weighted by Gasteiger charge is 2.34. The second kappa shape index (κ2) is 10.9. The van der Waals surface area contributed by atoms with Crippen LogP contribution in [-0.4, -0.2) is 35.0 Å². The van der Waals surface area contributed by atoms with Crippen molar-refractivity contribution in [3.05, 3.63) is 75.4 Å². The summed E-state index contributed by atoms with van der Waals surface area (Å²) >= 11 is 8.95. The Morgan fingerprint density at radius 3 is 2.45 bits per heavy atom. The van der Waals surface area contributed by atoms with Crippen molar-refractivity contribution < 1.29 is 14.3 Å². The van der Waals surface area contributed by atoms with Gasteiger partial charge in [-0.3, -0.25) is 4.79 Å². The van der Waals surface area contributed by atoms with Crippen LogP contribution in [0.15, 0.2) is 64.3 Å². The third-order valence-corrected chi connectivity index (χ3v) is 6.33. The number of nitrogens with one attached hydrogen (secondary N) is 2. The Hall–Kier alpha value is -2.71. The van der Waals surface area contributed by atoms with Crippen molar-refractivity contribution in [2.45, 2.75) is 33.7 Å². The fraction of sp³-hybridized carbons (Fsp3) is 0.320. The first-order valence-electron chi connectivity index (χ1n) is 10.8. The normalized spacial score (nSPS) is 16.0. The SMILES string of the molecule is CCN1C(=S)N[C@H](c2ccc(NC(=O)c3ccccc3Br)cc2)C(C(=O)OCC(C)C)=C1C. The lowest BCUT2D eigenvalue weighted by Gasteiger charge is -2.37. The van der Waals surface area contributed by atoms with Gasteiger partial charge in [0.25, 0.3) is 5.91 Å². The van der Waals surface area contributed by atoms with Gasteiger partial charge >= 0.3 is 5.97 Å². The van der Waals surface area contributed by atoms with Crippen LogP contribution in [0, 0.1) is 5.92 Å².